The molecule has 0 aromatic rings. The van der Waals surface area contributed by atoms with Crippen LogP contribution in [0.4, 0.5) is 8.78 Å². The van der Waals surface area contributed by atoms with Crippen LogP contribution < -0.4 is 11.6 Å². The number of amidine groups is 1. The van der Waals surface area contributed by atoms with Crippen molar-refractivity contribution in [2.45, 2.75) is 25.2 Å². The topological polar surface area (TPSA) is 76.9 Å². The van der Waals surface area contributed by atoms with E-state index in [1.807, 2.05) is 0 Å². The van der Waals surface area contributed by atoms with Gasteiger partial charge >= 0.3 is 0 Å². The first-order valence-corrected chi connectivity index (χ1v) is 5.84. The zero-order valence-electron chi connectivity index (χ0n) is 10.3. The zero-order chi connectivity index (χ0) is 13.6. The average Bonchev–Trinajstić information content (AvgIpc) is 2.67. The van der Waals surface area contributed by atoms with E-state index in [0.29, 0.717) is 12.3 Å². The number of nitrogens with zero attached hydrogens (tertiary/aromatic N) is 2. The first-order chi connectivity index (χ1) is 8.48. The fourth-order valence-electron chi connectivity index (χ4n) is 1.91. The first-order valence-electron chi connectivity index (χ1n) is 5.84. The quantitative estimate of drug-likeness (QED) is 0.325. The molecule has 0 heterocycles. The predicted molar refractivity (Wildman–Crippen MR) is 65.8 cm³/mol. The normalized spacial score (nSPS) is 23.1. The third-order valence-electron chi connectivity index (χ3n) is 2.86. The Kier molecular flexibility index (Phi) is 5.64. The van der Waals surface area contributed by atoms with Crippen LogP contribution in [0.25, 0.3) is 0 Å². The van der Waals surface area contributed by atoms with E-state index < -0.39 is 5.92 Å². The fourth-order valence-corrected chi connectivity index (χ4v) is 1.91. The number of halogens is 2. The molecule has 104 valence electrons. The summed E-state index contributed by atoms with van der Waals surface area (Å²) in [4.78, 5) is 3.94. The molecule has 1 saturated carbocycles. The predicted octanol–water partition coefficient (Wildman–Crippen LogP) is 1.07. The maximum atomic E-state index is 12.9. The van der Waals surface area contributed by atoms with Crippen LogP contribution >= 0.6 is 0 Å². The average molecular weight is 262 g/mol. The summed E-state index contributed by atoms with van der Waals surface area (Å²) >= 11 is 0. The van der Waals surface area contributed by atoms with E-state index in [1.165, 1.54) is 11.2 Å². The SMILES string of the molecule is C=CN(N)/C(COCC1CCC(F)(F)C1)=N\CN. The van der Waals surface area contributed by atoms with Crippen molar-refractivity contribution in [3.63, 3.8) is 0 Å². The third-order valence-corrected chi connectivity index (χ3v) is 2.86. The summed E-state index contributed by atoms with van der Waals surface area (Å²) < 4.78 is 31.3. The summed E-state index contributed by atoms with van der Waals surface area (Å²) in [5, 5.41) is 1.20. The Balaban J connectivity index is 2.32. The van der Waals surface area contributed by atoms with Crippen LogP contribution in [0.5, 0.6) is 0 Å². The number of hydrogen-bond donors (Lipinski definition) is 2. The van der Waals surface area contributed by atoms with Crippen molar-refractivity contribution in [3.05, 3.63) is 12.8 Å². The molecule has 0 saturated heterocycles. The Hall–Kier alpha value is -1.05. The molecule has 0 aliphatic heterocycles. The molecule has 1 atom stereocenters. The summed E-state index contributed by atoms with van der Waals surface area (Å²) in [6, 6.07) is 0. The van der Waals surface area contributed by atoms with Crippen LogP contribution in [0.1, 0.15) is 19.3 Å². The lowest BCUT2D eigenvalue weighted by molar-refractivity contribution is -0.0000810. The van der Waals surface area contributed by atoms with Gasteiger partial charge in [-0.05, 0) is 12.3 Å². The Bertz CT molecular complexity index is 309. The van der Waals surface area contributed by atoms with Gasteiger partial charge < -0.3 is 10.5 Å². The summed E-state index contributed by atoms with van der Waals surface area (Å²) in [5.74, 6) is 3.36. The zero-order valence-corrected chi connectivity index (χ0v) is 10.3. The maximum absolute atomic E-state index is 12.9. The molecule has 0 aromatic carbocycles. The second-order valence-corrected chi connectivity index (χ2v) is 4.33. The van der Waals surface area contributed by atoms with E-state index in [0.717, 1.165) is 0 Å². The molecule has 1 aliphatic rings. The smallest absolute Gasteiger partial charge is 0.248 e. The van der Waals surface area contributed by atoms with E-state index in [2.05, 4.69) is 11.6 Å². The van der Waals surface area contributed by atoms with Crippen molar-refractivity contribution >= 4 is 5.84 Å². The molecule has 0 spiro atoms. The number of nitrogens with two attached hydrogens (primary N) is 2. The van der Waals surface area contributed by atoms with Gasteiger partial charge in [-0.3, -0.25) is 10.0 Å². The van der Waals surface area contributed by atoms with Gasteiger partial charge in [-0.25, -0.2) is 14.6 Å². The van der Waals surface area contributed by atoms with Crippen LogP contribution in [0, 0.1) is 5.92 Å². The van der Waals surface area contributed by atoms with Crippen LogP contribution in [0.3, 0.4) is 0 Å². The molecule has 7 heteroatoms. The molecule has 1 unspecified atom stereocenters. The Morgan fingerprint density at radius 3 is 2.83 bits per heavy atom. The summed E-state index contributed by atoms with van der Waals surface area (Å²) in [7, 11) is 0. The number of ether oxygens (including phenoxy) is 1. The van der Waals surface area contributed by atoms with E-state index in [9.17, 15) is 8.78 Å². The molecule has 18 heavy (non-hydrogen) atoms. The Morgan fingerprint density at radius 2 is 2.33 bits per heavy atom. The van der Waals surface area contributed by atoms with Gasteiger partial charge in [-0.2, -0.15) is 0 Å². The second-order valence-electron chi connectivity index (χ2n) is 4.33. The van der Waals surface area contributed by atoms with E-state index in [-0.39, 0.29) is 38.6 Å². The highest BCUT2D eigenvalue weighted by Crippen LogP contribution is 2.38. The number of hydrogen-bond acceptors (Lipinski definition) is 4. The Morgan fingerprint density at radius 1 is 1.61 bits per heavy atom. The largest absolute Gasteiger partial charge is 0.373 e. The van der Waals surface area contributed by atoms with Gasteiger partial charge in [0, 0.05) is 19.0 Å². The molecule has 0 radical (unpaired) electrons. The van der Waals surface area contributed by atoms with Gasteiger partial charge in [-0.15, -0.1) is 0 Å². The lowest BCUT2D eigenvalue weighted by Crippen LogP contribution is -2.36. The molecule has 0 bridgehead atoms. The molecule has 5 nitrogen and oxygen atoms in total. The van der Waals surface area contributed by atoms with Crippen molar-refractivity contribution in [1.82, 2.24) is 5.01 Å². The molecule has 0 aromatic heterocycles. The van der Waals surface area contributed by atoms with E-state index >= 15 is 0 Å². The van der Waals surface area contributed by atoms with Gasteiger partial charge in [0.15, 0.2) is 0 Å². The lowest BCUT2D eigenvalue weighted by atomic mass is 10.1. The summed E-state index contributed by atoms with van der Waals surface area (Å²) in [6.45, 7) is 4.00. The number of alkyl halides is 2. The number of aliphatic imine (C=N–C) groups is 1. The monoisotopic (exact) mass is 262 g/mol. The van der Waals surface area contributed by atoms with Crippen molar-refractivity contribution in [2.75, 3.05) is 19.9 Å². The summed E-state index contributed by atoms with van der Waals surface area (Å²) in [6.07, 6.45) is 1.70. The van der Waals surface area contributed by atoms with Crippen LogP contribution in [0.2, 0.25) is 0 Å². The van der Waals surface area contributed by atoms with Crippen molar-refractivity contribution in [2.24, 2.45) is 22.5 Å². The fraction of sp³-hybridized carbons (Fsp3) is 0.727. The maximum Gasteiger partial charge on any atom is 0.248 e. The van der Waals surface area contributed by atoms with Gasteiger partial charge in [0.2, 0.25) is 5.92 Å². The lowest BCUT2D eigenvalue weighted by Gasteiger charge is -2.17. The minimum atomic E-state index is -2.54. The molecular weight excluding hydrogens is 242 g/mol. The first kappa shape index (κ1) is 15.0. The molecule has 1 fully saturated rings. The van der Waals surface area contributed by atoms with Crippen LogP contribution in [-0.4, -0.2) is 36.6 Å². The van der Waals surface area contributed by atoms with Gasteiger partial charge in [0.25, 0.3) is 0 Å². The van der Waals surface area contributed by atoms with Crippen molar-refractivity contribution in [3.8, 4) is 0 Å². The van der Waals surface area contributed by atoms with Crippen LogP contribution in [0.15, 0.2) is 17.8 Å². The number of rotatable bonds is 6. The minimum Gasteiger partial charge on any atom is -0.373 e. The molecule has 1 rings (SSSR count). The molecular formula is C11H20F2N4O. The highest BCUT2D eigenvalue weighted by Gasteiger charge is 2.39. The highest BCUT2D eigenvalue weighted by atomic mass is 19.3. The second kappa shape index (κ2) is 6.77. The highest BCUT2D eigenvalue weighted by molar-refractivity contribution is 5.83. The molecule has 0 amide bonds. The van der Waals surface area contributed by atoms with Gasteiger partial charge in [-0.1, -0.05) is 6.58 Å². The van der Waals surface area contributed by atoms with Crippen molar-refractivity contribution in [1.29, 1.82) is 0 Å². The third kappa shape index (κ3) is 4.67. The standard InChI is InChI=1S/C11H20F2N4O/c1-2-17(15)10(16-8-14)7-18-6-9-3-4-11(12,13)5-9/h2,9H,1,3-8,14-15H2/b16-10-. The van der Waals surface area contributed by atoms with Crippen LogP contribution in [-0.2, 0) is 4.74 Å². The van der Waals surface area contributed by atoms with Gasteiger partial charge in [0.05, 0.1) is 13.3 Å². The van der Waals surface area contributed by atoms with Gasteiger partial charge in [0.1, 0.15) is 12.4 Å². The summed E-state index contributed by atoms with van der Waals surface area (Å²) in [5.41, 5.74) is 5.29. The van der Waals surface area contributed by atoms with E-state index in [4.69, 9.17) is 16.3 Å². The molecule has 1 aliphatic carbocycles. The minimum absolute atomic E-state index is 0.0551. The molecule has 4 N–H and O–H groups in total. The van der Waals surface area contributed by atoms with E-state index in [1.54, 1.807) is 0 Å². The van der Waals surface area contributed by atoms with Crippen molar-refractivity contribution < 1.29 is 13.5 Å². The Labute approximate surface area is 105 Å². The number of hydrazine groups is 1.